The maximum absolute atomic E-state index is 11.2. The Morgan fingerprint density at radius 2 is 2.28 bits per heavy atom. The van der Waals surface area contributed by atoms with Gasteiger partial charge in [0.1, 0.15) is 5.82 Å². The zero-order valence-corrected chi connectivity index (χ0v) is 10.2. The second kappa shape index (κ2) is 4.22. The highest BCUT2D eigenvalue weighted by Crippen LogP contribution is 2.32. The number of fused-ring (bicyclic) bond motifs is 2. The zero-order chi connectivity index (χ0) is 12.7. The van der Waals surface area contributed by atoms with Crippen LogP contribution in [-0.2, 0) is 0 Å². The SMILES string of the molecule is CN1C[C@@H]2C[C@H]1CN2c1ccc(C(=O)NO)cn1. The molecule has 0 unspecified atom stereocenters. The normalized spacial score (nSPS) is 26.7. The summed E-state index contributed by atoms with van der Waals surface area (Å²) in [5, 5.41) is 8.54. The maximum Gasteiger partial charge on any atom is 0.276 e. The first kappa shape index (κ1) is 11.4. The maximum atomic E-state index is 11.2. The van der Waals surface area contributed by atoms with Crippen molar-refractivity contribution in [3.05, 3.63) is 23.9 Å². The molecule has 3 heterocycles. The number of pyridine rings is 1. The lowest BCUT2D eigenvalue weighted by Gasteiger charge is -2.32. The Morgan fingerprint density at radius 1 is 1.44 bits per heavy atom. The molecule has 2 N–H and O–H groups in total. The molecule has 2 fully saturated rings. The number of nitrogens with one attached hydrogen (secondary N) is 1. The number of amides is 1. The number of carbonyl (C=O) groups excluding carboxylic acids is 1. The number of aromatic nitrogens is 1. The Morgan fingerprint density at radius 3 is 2.78 bits per heavy atom. The zero-order valence-electron chi connectivity index (χ0n) is 10.2. The highest BCUT2D eigenvalue weighted by molar-refractivity contribution is 5.93. The van der Waals surface area contributed by atoms with E-state index in [2.05, 4.69) is 21.8 Å². The smallest absolute Gasteiger partial charge is 0.276 e. The predicted molar refractivity (Wildman–Crippen MR) is 65.7 cm³/mol. The van der Waals surface area contributed by atoms with Gasteiger partial charge in [-0.2, -0.15) is 0 Å². The molecule has 0 saturated carbocycles. The molecule has 1 aromatic rings. The van der Waals surface area contributed by atoms with Crippen molar-refractivity contribution in [2.45, 2.75) is 18.5 Å². The van der Waals surface area contributed by atoms with E-state index < -0.39 is 5.91 Å². The van der Waals surface area contributed by atoms with E-state index in [0.717, 1.165) is 18.9 Å². The lowest BCUT2D eigenvalue weighted by Crippen LogP contribution is -2.44. The second-order valence-electron chi connectivity index (χ2n) is 4.98. The third-order valence-corrected chi connectivity index (χ3v) is 3.92. The number of nitrogens with zero attached hydrogens (tertiary/aromatic N) is 3. The number of anilines is 1. The molecular formula is C12H16N4O2. The molecule has 0 radical (unpaired) electrons. The van der Waals surface area contributed by atoms with E-state index in [1.54, 1.807) is 11.5 Å². The van der Waals surface area contributed by atoms with Gasteiger partial charge in [-0.05, 0) is 25.6 Å². The molecule has 2 bridgehead atoms. The second-order valence-corrected chi connectivity index (χ2v) is 4.98. The molecule has 1 amide bonds. The highest BCUT2D eigenvalue weighted by Gasteiger charge is 2.41. The van der Waals surface area contributed by atoms with Crippen LogP contribution in [0.25, 0.3) is 0 Å². The first-order valence-electron chi connectivity index (χ1n) is 6.06. The summed E-state index contributed by atoms with van der Waals surface area (Å²) in [6, 6.07) is 4.68. The summed E-state index contributed by atoms with van der Waals surface area (Å²) in [5.41, 5.74) is 1.97. The van der Waals surface area contributed by atoms with E-state index in [0.29, 0.717) is 17.6 Å². The van der Waals surface area contributed by atoms with E-state index >= 15 is 0 Å². The lowest BCUT2D eigenvalue weighted by molar-refractivity contribution is 0.0706. The van der Waals surface area contributed by atoms with Gasteiger partial charge in [0, 0.05) is 31.4 Å². The molecule has 1 aromatic heterocycles. The first-order chi connectivity index (χ1) is 8.69. The fourth-order valence-electron chi connectivity index (χ4n) is 2.90. The number of rotatable bonds is 2. The van der Waals surface area contributed by atoms with Crippen molar-refractivity contribution in [1.29, 1.82) is 0 Å². The molecule has 2 atom stereocenters. The van der Waals surface area contributed by atoms with E-state index in [1.165, 1.54) is 12.6 Å². The van der Waals surface area contributed by atoms with Crippen molar-refractivity contribution in [3.63, 3.8) is 0 Å². The van der Waals surface area contributed by atoms with Crippen LogP contribution in [0.5, 0.6) is 0 Å². The largest absolute Gasteiger partial charge is 0.351 e. The first-order valence-corrected chi connectivity index (χ1v) is 6.06. The van der Waals surface area contributed by atoms with Crippen molar-refractivity contribution in [2.75, 3.05) is 25.0 Å². The molecule has 3 rings (SSSR count). The average molecular weight is 248 g/mol. The molecule has 18 heavy (non-hydrogen) atoms. The number of likely N-dealkylation sites (tertiary alicyclic amines) is 1. The summed E-state index contributed by atoms with van der Waals surface area (Å²) in [6.07, 6.45) is 2.69. The van der Waals surface area contributed by atoms with Crippen LogP contribution < -0.4 is 10.4 Å². The van der Waals surface area contributed by atoms with Gasteiger partial charge in [0.05, 0.1) is 5.56 Å². The van der Waals surface area contributed by atoms with Gasteiger partial charge < -0.3 is 4.90 Å². The van der Waals surface area contributed by atoms with Gasteiger partial charge in [0.15, 0.2) is 0 Å². The van der Waals surface area contributed by atoms with Crippen LogP contribution in [0.4, 0.5) is 5.82 Å². The summed E-state index contributed by atoms with van der Waals surface area (Å²) >= 11 is 0. The van der Waals surface area contributed by atoms with E-state index in [4.69, 9.17) is 5.21 Å². The van der Waals surface area contributed by atoms with Gasteiger partial charge in [0.2, 0.25) is 0 Å². The topological polar surface area (TPSA) is 68.7 Å². The van der Waals surface area contributed by atoms with Crippen LogP contribution in [0.15, 0.2) is 18.3 Å². The van der Waals surface area contributed by atoms with Crippen LogP contribution in [-0.4, -0.2) is 53.2 Å². The number of hydrogen-bond acceptors (Lipinski definition) is 5. The minimum Gasteiger partial charge on any atom is -0.351 e. The molecule has 6 nitrogen and oxygen atoms in total. The molecule has 0 aromatic carbocycles. The third-order valence-electron chi connectivity index (χ3n) is 3.92. The van der Waals surface area contributed by atoms with Crippen molar-refractivity contribution in [3.8, 4) is 0 Å². The van der Waals surface area contributed by atoms with Crippen LogP contribution in [0.2, 0.25) is 0 Å². The molecule has 2 aliphatic rings. The summed E-state index contributed by atoms with van der Waals surface area (Å²) in [5.74, 6) is 0.377. The minimum atomic E-state index is -0.531. The van der Waals surface area contributed by atoms with Gasteiger partial charge >= 0.3 is 0 Å². The molecule has 2 aliphatic heterocycles. The molecule has 0 aliphatic carbocycles. The van der Waals surface area contributed by atoms with E-state index in [1.807, 2.05) is 6.07 Å². The van der Waals surface area contributed by atoms with E-state index in [9.17, 15) is 4.79 Å². The van der Waals surface area contributed by atoms with Gasteiger partial charge in [0.25, 0.3) is 5.91 Å². The Hall–Kier alpha value is -1.66. The quantitative estimate of drug-likeness (QED) is 0.573. The number of carbonyl (C=O) groups is 1. The number of hydrogen-bond donors (Lipinski definition) is 2. The monoisotopic (exact) mass is 248 g/mol. The lowest BCUT2D eigenvalue weighted by atomic mass is 10.2. The van der Waals surface area contributed by atoms with Crippen LogP contribution in [0.1, 0.15) is 16.8 Å². The van der Waals surface area contributed by atoms with Crippen molar-refractivity contribution in [2.24, 2.45) is 0 Å². The summed E-state index contributed by atoms with van der Waals surface area (Å²) < 4.78 is 0. The van der Waals surface area contributed by atoms with Crippen LogP contribution >= 0.6 is 0 Å². The number of hydroxylamine groups is 1. The Kier molecular flexibility index (Phi) is 2.68. The Bertz CT molecular complexity index is 460. The molecule has 6 heteroatoms. The fraction of sp³-hybridized carbons (Fsp3) is 0.500. The molecule has 96 valence electrons. The van der Waals surface area contributed by atoms with Crippen molar-refractivity contribution >= 4 is 11.7 Å². The summed E-state index contributed by atoms with van der Waals surface area (Å²) in [7, 11) is 2.16. The van der Waals surface area contributed by atoms with Crippen molar-refractivity contribution in [1.82, 2.24) is 15.4 Å². The van der Waals surface area contributed by atoms with Crippen LogP contribution in [0, 0.1) is 0 Å². The van der Waals surface area contributed by atoms with Gasteiger partial charge in [-0.25, -0.2) is 10.5 Å². The third kappa shape index (κ3) is 1.74. The Labute approximate surface area is 105 Å². The van der Waals surface area contributed by atoms with Crippen LogP contribution in [0.3, 0.4) is 0 Å². The minimum absolute atomic E-state index is 0.364. The van der Waals surface area contributed by atoms with Crippen molar-refractivity contribution < 1.29 is 10.0 Å². The molecular weight excluding hydrogens is 232 g/mol. The van der Waals surface area contributed by atoms with E-state index in [-0.39, 0.29) is 0 Å². The fourth-order valence-corrected chi connectivity index (χ4v) is 2.90. The molecule has 2 saturated heterocycles. The molecule has 0 spiro atoms. The van der Waals surface area contributed by atoms with Gasteiger partial charge in [-0.15, -0.1) is 0 Å². The van der Waals surface area contributed by atoms with Gasteiger partial charge in [-0.3, -0.25) is 14.9 Å². The highest BCUT2D eigenvalue weighted by atomic mass is 16.5. The Balaban J connectivity index is 1.76. The number of piperazine rings is 1. The van der Waals surface area contributed by atoms with Gasteiger partial charge in [-0.1, -0.05) is 0 Å². The number of likely N-dealkylation sites (N-methyl/N-ethyl adjacent to an activating group) is 1. The average Bonchev–Trinajstić information content (AvgIpc) is 2.97. The summed E-state index contributed by atoms with van der Waals surface area (Å²) in [4.78, 5) is 20.2. The summed E-state index contributed by atoms with van der Waals surface area (Å²) in [6.45, 7) is 2.07. The predicted octanol–water partition coefficient (Wildman–Crippen LogP) is 0.0933. The standard InChI is InChI=1S/C12H16N4O2/c1-15-6-10-4-9(15)7-16(10)11-3-2-8(5-13-11)12(17)14-18/h2-3,5,9-10,18H,4,6-7H2,1H3,(H,14,17)/t9-,10-/m0/s1.